The van der Waals surface area contributed by atoms with Gasteiger partial charge in [0.05, 0.1) is 0 Å². The van der Waals surface area contributed by atoms with Gasteiger partial charge in [-0.15, -0.1) is 0 Å². The monoisotopic (exact) mass is 408 g/mol. The number of nitrogens with one attached hydrogen (secondary N) is 2. The summed E-state index contributed by atoms with van der Waals surface area (Å²) in [5.41, 5.74) is 2.86. The highest BCUT2D eigenvalue weighted by molar-refractivity contribution is 6.30. The molecule has 2 N–H and O–H groups in total. The molecular weight excluding hydrogens is 388 g/mol. The first-order chi connectivity index (χ1) is 13.9. The lowest BCUT2D eigenvalue weighted by atomic mass is 10.2. The quantitative estimate of drug-likeness (QED) is 0.581. The molecule has 0 radical (unpaired) electrons. The average molecular weight is 409 g/mol. The van der Waals surface area contributed by atoms with Gasteiger partial charge in [0.1, 0.15) is 5.75 Å². The van der Waals surface area contributed by atoms with Gasteiger partial charge >= 0.3 is 0 Å². The Hall–Kier alpha value is -3.31. The first kappa shape index (κ1) is 20.4. The fourth-order valence-corrected chi connectivity index (χ4v) is 2.75. The number of amides is 2. The Morgan fingerprint density at radius 1 is 0.897 bits per heavy atom. The Kier molecular flexibility index (Phi) is 6.52. The van der Waals surface area contributed by atoms with E-state index >= 15 is 0 Å². The second kappa shape index (κ2) is 9.26. The highest BCUT2D eigenvalue weighted by Gasteiger charge is 2.16. The average Bonchev–Trinajstić information content (AvgIpc) is 2.72. The Morgan fingerprint density at radius 2 is 1.55 bits per heavy atom. The van der Waals surface area contributed by atoms with E-state index in [1.54, 1.807) is 55.5 Å². The van der Waals surface area contributed by atoms with Crippen LogP contribution in [0.4, 0.5) is 11.4 Å². The summed E-state index contributed by atoms with van der Waals surface area (Å²) in [6.45, 7) is 3.60. The summed E-state index contributed by atoms with van der Waals surface area (Å²) in [4.78, 5) is 24.7. The molecule has 0 bridgehead atoms. The Balaban J connectivity index is 1.58. The van der Waals surface area contributed by atoms with Crippen molar-refractivity contribution in [1.82, 2.24) is 0 Å². The predicted octanol–water partition coefficient (Wildman–Crippen LogP) is 5.31. The van der Waals surface area contributed by atoms with Crippen molar-refractivity contribution in [3.8, 4) is 5.75 Å². The van der Waals surface area contributed by atoms with Gasteiger partial charge in [0.15, 0.2) is 6.10 Å². The molecular formula is C23H21ClN2O3. The van der Waals surface area contributed by atoms with Gasteiger partial charge < -0.3 is 15.4 Å². The zero-order valence-corrected chi connectivity index (χ0v) is 16.9. The molecule has 148 valence electrons. The SMILES string of the molecule is Cc1ccccc1NC(=O)[C@@H](C)Oc1ccc(C(=O)Nc2ccc(Cl)cc2)cc1. The van der Waals surface area contributed by atoms with Crippen LogP contribution in [0.15, 0.2) is 72.8 Å². The van der Waals surface area contributed by atoms with E-state index in [0.717, 1.165) is 11.3 Å². The third kappa shape index (κ3) is 5.59. The zero-order chi connectivity index (χ0) is 20.8. The lowest BCUT2D eigenvalue weighted by Crippen LogP contribution is -2.30. The fourth-order valence-electron chi connectivity index (χ4n) is 2.63. The Labute approximate surface area is 174 Å². The van der Waals surface area contributed by atoms with Crippen LogP contribution in [0.1, 0.15) is 22.8 Å². The van der Waals surface area contributed by atoms with Crippen molar-refractivity contribution < 1.29 is 14.3 Å². The number of para-hydroxylation sites is 1. The van der Waals surface area contributed by atoms with Crippen LogP contribution in [-0.4, -0.2) is 17.9 Å². The van der Waals surface area contributed by atoms with Crippen LogP contribution in [0.2, 0.25) is 5.02 Å². The number of aryl methyl sites for hydroxylation is 1. The normalized spacial score (nSPS) is 11.4. The van der Waals surface area contributed by atoms with E-state index < -0.39 is 6.10 Å². The molecule has 3 aromatic rings. The van der Waals surface area contributed by atoms with E-state index in [1.165, 1.54) is 0 Å². The highest BCUT2D eigenvalue weighted by atomic mass is 35.5. The number of hydrogen-bond acceptors (Lipinski definition) is 3. The molecule has 1 atom stereocenters. The third-order valence-corrected chi connectivity index (χ3v) is 4.56. The first-order valence-corrected chi connectivity index (χ1v) is 9.50. The summed E-state index contributed by atoms with van der Waals surface area (Å²) in [5.74, 6) is 0.00792. The van der Waals surface area contributed by atoms with Gasteiger partial charge in [0, 0.05) is 22.0 Å². The summed E-state index contributed by atoms with van der Waals surface area (Å²) in [5, 5.41) is 6.25. The molecule has 5 nitrogen and oxygen atoms in total. The van der Waals surface area contributed by atoms with E-state index in [0.29, 0.717) is 22.0 Å². The fraction of sp³-hybridized carbons (Fsp3) is 0.130. The van der Waals surface area contributed by atoms with Crippen molar-refractivity contribution in [3.63, 3.8) is 0 Å². The maximum absolute atomic E-state index is 12.4. The zero-order valence-electron chi connectivity index (χ0n) is 16.1. The van der Waals surface area contributed by atoms with Gasteiger partial charge in [-0.25, -0.2) is 0 Å². The third-order valence-electron chi connectivity index (χ3n) is 4.30. The molecule has 3 rings (SSSR count). The number of rotatable bonds is 6. The number of hydrogen-bond donors (Lipinski definition) is 2. The predicted molar refractivity (Wildman–Crippen MR) is 116 cm³/mol. The number of benzene rings is 3. The second-order valence-corrected chi connectivity index (χ2v) is 6.99. The number of ether oxygens (including phenoxy) is 1. The van der Waals surface area contributed by atoms with Crippen molar-refractivity contribution in [2.24, 2.45) is 0 Å². The molecule has 0 spiro atoms. The van der Waals surface area contributed by atoms with Gasteiger partial charge in [0.25, 0.3) is 11.8 Å². The van der Waals surface area contributed by atoms with Crippen molar-refractivity contribution in [3.05, 3.63) is 88.9 Å². The molecule has 0 saturated heterocycles. The highest BCUT2D eigenvalue weighted by Crippen LogP contribution is 2.18. The van der Waals surface area contributed by atoms with Crippen molar-refractivity contribution in [1.29, 1.82) is 0 Å². The minimum atomic E-state index is -0.691. The molecule has 0 unspecified atom stereocenters. The molecule has 0 saturated carbocycles. The van der Waals surface area contributed by atoms with E-state index in [2.05, 4.69) is 10.6 Å². The van der Waals surface area contributed by atoms with Crippen LogP contribution in [0.5, 0.6) is 5.75 Å². The van der Waals surface area contributed by atoms with Crippen molar-refractivity contribution in [2.75, 3.05) is 10.6 Å². The summed E-state index contributed by atoms with van der Waals surface area (Å²) >= 11 is 5.84. The van der Waals surface area contributed by atoms with Gasteiger partial charge in [-0.3, -0.25) is 9.59 Å². The molecule has 0 aliphatic carbocycles. The van der Waals surface area contributed by atoms with Crippen LogP contribution in [0.25, 0.3) is 0 Å². The standard InChI is InChI=1S/C23H21ClN2O3/c1-15-5-3-4-6-21(15)26-22(27)16(2)29-20-13-7-17(8-14-20)23(28)25-19-11-9-18(24)10-12-19/h3-14,16H,1-2H3,(H,25,28)(H,26,27)/t16-/m1/s1. The van der Waals surface area contributed by atoms with Crippen LogP contribution >= 0.6 is 11.6 Å². The minimum absolute atomic E-state index is 0.246. The van der Waals surface area contributed by atoms with E-state index in [1.807, 2.05) is 31.2 Å². The van der Waals surface area contributed by atoms with Gasteiger partial charge in [-0.05, 0) is 74.0 Å². The van der Waals surface area contributed by atoms with Crippen LogP contribution < -0.4 is 15.4 Å². The van der Waals surface area contributed by atoms with Crippen LogP contribution in [-0.2, 0) is 4.79 Å². The van der Waals surface area contributed by atoms with Crippen LogP contribution in [0.3, 0.4) is 0 Å². The molecule has 0 fully saturated rings. The number of halogens is 1. The van der Waals surface area contributed by atoms with E-state index in [-0.39, 0.29) is 11.8 Å². The molecule has 6 heteroatoms. The molecule has 3 aromatic carbocycles. The first-order valence-electron chi connectivity index (χ1n) is 9.12. The summed E-state index contributed by atoms with van der Waals surface area (Å²) < 4.78 is 5.70. The molecule has 0 aromatic heterocycles. The van der Waals surface area contributed by atoms with Gasteiger partial charge in [-0.2, -0.15) is 0 Å². The molecule has 0 heterocycles. The summed E-state index contributed by atoms with van der Waals surface area (Å²) in [7, 11) is 0. The maximum atomic E-state index is 12.4. The largest absolute Gasteiger partial charge is 0.481 e. The number of anilines is 2. The second-order valence-electron chi connectivity index (χ2n) is 6.55. The molecule has 29 heavy (non-hydrogen) atoms. The molecule has 0 aliphatic heterocycles. The van der Waals surface area contributed by atoms with E-state index in [4.69, 9.17) is 16.3 Å². The van der Waals surface area contributed by atoms with Crippen molar-refractivity contribution in [2.45, 2.75) is 20.0 Å². The topological polar surface area (TPSA) is 67.4 Å². The van der Waals surface area contributed by atoms with E-state index in [9.17, 15) is 9.59 Å². The Morgan fingerprint density at radius 3 is 2.21 bits per heavy atom. The Bertz CT molecular complexity index is 1000. The maximum Gasteiger partial charge on any atom is 0.265 e. The summed E-state index contributed by atoms with van der Waals surface area (Å²) in [6.07, 6.45) is -0.691. The minimum Gasteiger partial charge on any atom is -0.481 e. The van der Waals surface area contributed by atoms with Crippen LogP contribution in [0, 0.1) is 6.92 Å². The number of carbonyl (C=O) groups excluding carboxylic acids is 2. The van der Waals surface area contributed by atoms with Gasteiger partial charge in [0.2, 0.25) is 0 Å². The van der Waals surface area contributed by atoms with Gasteiger partial charge in [-0.1, -0.05) is 29.8 Å². The lowest BCUT2D eigenvalue weighted by molar-refractivity contribution is -0.122. The van der Waals surface area contributed by atoms with Crippen molar-refractivity contribution >= 4 is 34.8 Å². The lowest BCUT2D eigenvalue weighted by Gasteiger charge is -2.16. The number of carbonyl (C=O) groups is 2. The molecule has 2 amide bonds. The smallest absolute Gasteiger partial charge is 0.265 e. The summed E-state index contributed by atoms with van der Waals surface area (Å²) in [6, 6.07) is 21.0. The molecule has 0 aliphatic rings.